The highest BCUT2D eigenvalue weighted by atomic mass is 35.5. The predicted octanol–water partition coefficient (Wildman–Crippen LogP) is 3.90. The zero-order chi connectivity index (χ0) is 20.8. The summed E-state index contributed by atoms with van der Waals surface area (Å²) in [5, 5.41) is 1.64. The largest absolute Gasteiger partial charge is 0.484 e. The van der Waals surface area contributed by atoms with Crippen LogP contribution in [0.2, 0.25) is 5.02 Å². The number of para-hydroxylation sites is 1. The summed E-state index contributed by atoms with van der Waals surface area (Å²) in [6.07, 6.45) is 1.58. The van der Waals surface area contributed by atoms with E-state index in [1.807, 2.05) is 59.5 Å². The Morgan fingerprint density at radius 1 is 1.03 bits per heavy atom. The first-order valence-corrected chi connectivity index (χ1v) is 11.1. The summed E-state index contributed by atoms with van der Waals surface area (Å²) >= 11 is 7.36. The first kappa shape index (κ1) is 20.6. The van der Waals surface area contributed by atoms with Crippen LogP contribution in [0, 0.1) is 0 Å². The van der Waals surface area contributed by atoms with Crippen LogP contribution in [-0.2, 0) is 11.2 Å². The number of anilines is 1. The van der Waals surface area contributed by atoms with Gasteiger partial charge < -0.3 is 14.5 Å². The second-order valence-corrected chi connectivity index (χ2v) is 8.29. The number of hydrogen-bond acceptors (Lipinski definition) is 6. The van der Waals surface area contributed by atoms with Crippen molar-refractivity contribution in [2.75, 3.05) is 37.7 Å². The minimum Gasteiger partial charge on any atom is -0.484 e. The molecule has 0 unspecified atom stereocenters. The number of carbonyl (C=O) groups excluding carboxylic acids is 1. The molecule has 1 aliphatic heterocycles. The predicted molar refractivity (Wildman–Crippen MR) is 120 cm³/mol. The molecule has 4 rings (SSSR count). The van der Waals surface area contributed by atoms with Gasteiger partial charge in [-0.15, -0.1) is 0 Å². The Labute approximate surface area is 185 Å². The van der Waals surface area contributed by atoms with E-state index < -0.39 is 0 Å². The minimum atomic E-state index is 0.0152. The first-order chi connectivity index (χ1) is 14.7. The van der Waals surface area contributed by atoms with Crippen LogP contribution in [0.15, 0.2) is 54.6 Å². The molecule has 0 atom stereocenters. The molecule has 1 saturated heterocycles. The fourth-order valence-electron chi connectivity index (χ4n) is 3.34. The molecule has 2 aromatic carbocycles. The van der Waals surface area contributed by atoms with Crippen LogP contribution in [0.5, 0.6) is 5.75 Å². The molecule has 8 heteroatoms. The Bertz CT molecular complexity index is 965. The highest BCUT2D eigenvalue weighted by molar-refractivity contribution is 7.09. The lowest BCUT2D eigenvalue weighted by Crippen LogP contribution is -2.38. The van der Waals surface area contributed by atoms with Crippen molar-refractivity contribution >= 4 is 34.2 Å². The standard InChI is InChI=1S/C22H23ClN4O2S/c23-18-9-7-17(8-10-18)15-20-24-22(30-25-20)27-12-4-11-26(13-14-27)21(28)16-29-19-5-2-1-3-6-19/h1-3,5-10H,4,11-16H2. The molecule has 0 spiro atoms. The monoisotopic (exact) mass is 442 g/mol. The Morgan fingerprint density at radius 2 is 1.83 bits per heavy atom. The maximum absolute atomic E-state index is 12.5. The molecule has 0 aliphatic carbocycles. The molecular formula is C22H23ClN4O2S. The van der Waals surface area contributed by atoms with Crippen LogP contribution in [0.25, 0.3) is 0 Å². The molecule has 0 radical (unpaired) electrons. The van der Waals surface area contributed by atoms with E-state index in [0.717, 1.165) is 47.6 Å². The SMILES string of the molecule is O=C(COc1ccccc1)N1CCCN(c2nc(Cc3ccc(Cl)cc3)ns2)CC1. The lowest BCUT2D eigenvalue weighted by Gasteiger charge is -2.21. The maximum atomic E-state index is 12.5. The van der Waals surface area contributed by atoms with Gasteiger partial charge >= 0.3 is 0 Å². The number of hydrogen-bond donors (Lipinski definition) is 0. The Hall–Kier alpha value is -2.64. The molecule has 1 aliphatic rings. The lowest BCUT2D eigenvalue weighted by atomic mass is 10.1. The van der Waals surface area contributed by atoms with Gasteiger partial charge in [-0.3, -0.25) is 4.79 Å². The number of amides is 1. The molecule has 30 heavy (non-hydrogen) atoms. The van der Waals surface area contributed by atoms with Gasteiger partial charge in [0.2, 0.25) is 5.13 Å². The number of carbonyl (C=O) groups is 1. The van der Waals surface area contributed by atoms with E-state index in [1.165, 1.54) is 11.5 Å². The molecule has 0 saturated carbocycles. The van der Waals surface area contributed by atoms with Gasteiger partial charge in [0.1, 0.15) is 11.6 Å². The summed E-state index contributed by atoms with van der Waals surface area (Å²) in [6, 6.07) is 17.2. The molecule has 0 N–H and O–H groups in total. The Kier molecular flexibility index (Phi) is 6.81. The number of aromatic nitrogens is 2. The van der Waals surface area contributed by atoms with Gasteiger partial charge in [0.15, 0.2) is 6.61 Å². The Balaban J connectivity index is 1.30. The number of rotatable bonds is 6. The van der Waals surface area contributed by atoms with Crippen LogP contribution in [-0.4, -0.2) is 53.0 Å². The molecule has 2 heterocycles. The summed E-state index contributed by atoms with van der Waals surface area (Å²) in [5.41, 5.74) is 1.13. The van der Waals surface area contributed by atoms with E-state index in [1.54, 1.807) is 0 Å². The normalized spacial score (nSPS) is 14.4. The highest BCUT2D eigenvalue weighted by Gasteiger charge is 2.21. The highest BCUT2D eigenvalue weighted by Crippen LogP contribution is 2.21. The maximum Gasteiger partial charge on any atom is 0.260 e. The smallest absolute Gasteiger partial charge is 0.260 e. The van der Waals surface area contributed by atoms with Crippen molar-refractivity contribution in [2.24, 2.45) is 0 Å². The minimum absolute atomic E-state index is 0.0152. The van der Waals surface area contributed by atoms with Gasteiger partial charge in [-0.2, -0.15) is 4.37 Å². The fourth-order valence-corrected chi connectivity index (χ4v) is 4.20. The van der Waals surface area contributed by atoms with Crippen molar-refractivity contribution in [3.8, 4) is 5.75 Å². The summed E-state index contributed by atoms with van der Waals surface area (Å²) in [4.78, 5) is 21.3. The molecule has 6 nitrogen and oxygen atoms in total. The number of ether oxygens (including phenoxy) is 1. The average molecular weight is 443 g/mol. The van der Waals surface area contributed by atoms with E-state index >= 15 is 0 Å². The summed E-state index contributed by atoms with van der Waals surface area (Å²) in [5.74, 6) is 1.54. The molecule has 156 valence electrons. The van der Waals surface area contributed by atoms with Crippen molar-refractivity contribution in [3.05, 3.63) is 71.0 Å². The van der Waals surface area contributed by atoms with E-state index in [2.05, 4.69) is 9.27 Å². The van der Waals surface area contributed by atoms with Gasteiger partial charge in [-0.05, 0) is 36.2 Å². The van der Waals surface area contributed by atoms with Crippen molar-refractivity contribution in [2.45, 2.75) is 12.8 Å². The van der Waals surface area contributed by atoms with Crippen molar-refractivity contribution in [1.29, 1.82) is 0 Å². The van der Waals surface area contributed by atoms with E-state index in [-0.39, 0.29) is 12.5 Å². The van der Waals surface area contributed by atoms with Crippen LogP contribution < -0.4 is 9.64 Å². The molecule has 3 aromatic rings. The molecule has 0 bridgehead atoms. The van der Waals surface area contributed by atoms with Gasteiger partial charge in [0, 0.05) is 49.2 Å². The van der Waals surface area contributed by atoms with Crippen molar-refractivity contribution in [1.82, 2.24) is 14.3 Å². The second kappa shape index (κ2) is 9.91. The Morgan fingerprint density at radius 3 is 2.63 bits per heavy atom. The zero-order valence-corrected chi connectivity index (χ0v) is 18.1. The van der Waals surface area contributed by atoms with Crippen LogP contribution in [0.1, 0.15) is 17.8 Å². The second-order valence-electron chi connectivity index (χ2n) is 7.12. The fraction of sp³-hybridized carbons (Fsp3) is 0.318. The van der Waals surface area contributed by atoms with Gasteiger partial charge in [0.25, 0.3) is 5.91 Å². The summed E-state index contributed by atoms with van der Waals surface area (Å²) in [6.45, 7) is 3.05. The lowest BCUT2D eigenvalue weighted by molar-refractivity contribution is -0.133. The molecule has 1 amide bonds. The summed E-state index contributed by atoms with van der Waals surface area (Å²) < 4.78 is 10.1. The average Bonchev–Trinajstić information content (AvgIpc) is 3.09. The third-order valence-corrected chi connectivity index (χ3v) is 6.02. The number of nitrogens with zero attached hydrogens (tertiary/aromatic N) is 4. The van der Waals surface area contributed by atoms with Crippen molar-refractivity contribution in [3.63, 3.8) is 0 Å². The van der Waals surface area contributed by atoms with Crippen LogP contribution >= 0.6 is 23.1 Å². The van der Waals surface area contributed by atoms with Gasteiger partial charge in [-0.1, -0.05) is 41.9 Å². The molecular weight excluding hydrogens is 420 g/mol. The number of halogens is 1. The van der Waals surface area contributed by atoms with E-state index in [0.29, 0.717) is 18.7 Å². The van der Waals surface area contributed by atoms with Crippen LogP contribution in [0.4, 0.5) is 5.13 Å². The topological polar surface area (TPSA) is 58.6 Å². The molecule has 1 aromatic heterocycles. The number of benzene rings is 2. The molecule has 1 fully saturated rings. The quantitative estimate of drug-likeness (QED) is 0.579. The van der Waals surface area contributed by atoms with E-state index in [9.17, 15) is 4.79 Å². The van der Waals surface area contributed by atoms with Gasteiger partial charge in [0.05, 0.1) is 0 Å². The summed E-state index contributed by atoms with van der Waals surface area (Å²) in [7, 11) is 0. The first-order valence-electron chi connectivity index (χ1n) is 9.95. The third-order valence-electron chi connectivity index (χ3n) is 4.96. The van der Waals surface area contributed by atoms with Crippen LogP contribution in [0.3, 0.4) is 0 Å². The van der Waals surface area contributed by atoms with E-state index in [4.69, 9.17) is 21.3 Å². The van der Waals surface area contributed by atoms with Crippen molar-refractivity contribution < 1.29 is 9.53 Å². The zero-order valence-electron chi connectivity index (χ0n) is 16.5. The third kappa shape index (κ3) is 5.49. The van der Waals surface area contributed by atoms with Gasteiger partial charge in [-0.25, -0.2) is 4.98 Å².